The molecule has 1 aliphatic carbocycles. The van der Waals surface area contributed by atoms with Crippen LogP contribution in [0.4, 0.5) is 93.0 Å². The zero-order valence-electron chi connectivity index (χ0n) is 87.2. The number of amides is 5. The molecule has 7 aliphatic rings. The number of nitrogens with zero attached hydrogens (tertiary/aromatic N) is 9. The number of carbonyl (C=O) groups is 6. The first-order chi connectivity index (χ1) is 58.1. The molecule has 2 unspecified atom stereocenters. The van der Waals surface area contributed by atoms with Gasteiger partial charge in [-0.3, -0.25) is 18.9 Å². The van der Waals surface area contributed by atoms with Crippen LogP contribution >= 0.6 is 11.1 Å². The number of halogens is 16. The van der Waals surface area contributed by atoms with Gasteiger partial charge in [0.15, 0.2) is 40.4 Å². The number of nitriles is 4. The van der Waals surface area contributed by atoms with E-state index in [2.05, 4.69) is 144 Å². The maximum atomic E-state index is 12.2. The van der Waals surface area contributed by atoms with Crippen LogP contribution in [0.15, 0.2) is 0 Å². The van der Waals surface area contributed by atoms with E-state index in [-0.39, 0.29) is 221 Å². The molecule has 10 atom stereocenters. The molecule has 52 heteroatoms. The summed E-state index contributed by atoms with van der Waals surface area (Å²) in [6, 6.07) is 6.48. The second-order valence-corrected chi connectivity index (χ2v) is 67.6. The van der Waals surface area contributed by atoms with Crippen molar-refractivity contribution in [2.75, 3.05) is 92.3 Å². The summed E-state index contributed by atoms with van der Waals surface area (Å²) in [5.41, 5.74) is 5.71. The largest absolute Gasteiger partial charge is 1.00 e. The zero-order valence-corrected chi connectivity index (χ0v) is 98.2. The number of nitrogens with two attached hydrogens (primary N) is 1. The van der Waals surface area contributed by atoms with E-state index in [9.17, 15) is 39.6 Å². The van der Waals surface area contributed by atoms with Crippen molar-refractivity contribution in [2.45, 2.75) is 339 Å². The van der Waals surface area contributed by atoms with Crippen LogP contribution in [-0.4, -0.2) is 257 Å². The predicted molar refractivity (Wildman–Crippen MR) is 495 cm³/mol. The summed E-state index contributed by atoms with van der Waals surface area (Å²) in [5.74, 6) is 0.695. The van der Waals surface area contributed by atoms with Gasteiger partial charge in [-0.2, -0.15) is 26.9 Å². The van der Waals surface area contributed by atoms with E-state index >= 15 is 0 Å². The quantitative estimate of drug-likeness (QED) is 0.0386. The van der Waals surface area contributed by atoms with E-state index in [1.54, 1.807) is 35.5 Å². The standard InChI is InChI=1S/C16H34N2O3Si.C16H30N2O3Si.C13H24N2O3Si.C10H16N2O3.C10H17NO2.C6H15ClSi.C4H9NSi.C4H8O.CH2O3.CH4O.CH4.6F2.3FH.2K.H/c2*1-15(2,3)20-14(19)18-10-12(9-17)13(11-18)21-22(7,8)16(4,5)6;1-13(2,3)17-12(16)15-8-10(7-14)11(9-15)18-19(4,5)6;1-10(2,3)15-9(14)12-5-7(4-11)8(13)6-12;1-10(2,3)13-9(12)11-5-7-4-8(7)6-11;1-6(2,3)8(4,5)7;1-6(2,3)4-5;1-2-4-5-3-1;2-1-4-3;1-2;;6*1-2;;;;;;/h12-13H,9-11,17H2,1-8H3;12-13H,10-11H2,1-8H3;10-11H,8-9H2,1-6H3;7-8,13H,5-6H2,1-3H3;7-8H,4-6H2,1-3H3;1-5H3;1-3H3;1-4H2;1,3H;2H,1H3;1H4;;;;;;;3*1H;;;/q;;;;;;;;;;;;;;;;;;;;2*+1;-1/p-1/t2*12-,13-;10-,11-;7-,8-;;;;;;;;;;;;;;;;;;;/m1100.................../s1. The van der Waals surface area contributed by atoms with Crippen molar-refractivity contribution in [1.82, 2.24) is 24.5 Å². The Hall–Kier alpha value is -2.94. The molecule has 1 saturated carbocycles. The van der Waals surface area contributed by atoms with Crippen LogP contribution in [0.2, 0.25) is 93.7 Å². The average molecular weight is 2140 g/mol. The van der Waals surface area contributed by atoms with Gasteiger partial charge in [-0.1, -0.05) is 102 Å². The third-order valence-electron chi connectivity index (χ3n) is 19.2. The number of rotatable bonds is 8. The van der Waals surface area contributed by atoms with E-state index in [0.29, 0.717) is 50.9 Å². The summed E-state index contributed by atoms with van der Waals surface area (Å²) in [7, 11) is -7.28. The number of likely N-dealkylation sites (tertiary alicyclic amines) is 5. The number of piperidine rings is 1. The van der Waals surface area contributed by atoms with Crippen molar-refractivity contribution >= 4 is 88.4 Å². The molecule has 0 aromatic carbocycles. The maximum Gasteiger partial charge on any atom is 1.00 e. The molecule has 7 fully saturated rings. The maximum absolute atomic E-state index is 12.2. The van der Waals surface area contributed by atoms with Gasteiger partial charge in [-0.05, 0) is 202 Å². The van der Waals surface area contributed by atoms with E-state index in [4.69, 9.17) is 139 Å². The van der Waals surface area contributed by atoms with Gasteiger partial charge in [-0.25, -0.2) is 29.2 Å². The molecular formula is C82H166ClF15K2N10O19Si5. The summed E-state index contributed by atoms with van der Waals surface area (Å²) in [4.78, 5) is 78.9. The number of aliphatic hydroxyl groups is 2. The molecule has 792 valence electrons. The molecule has 134 heavy (non-hydrogen) atoms. The van der Waals surface area contributed by atoms with Gasteiger partial charge in [0.1, 0.15) is 28.0 Å². The Morgan fingerprint density at radius 3 is 0.858 bits per heavy atom. The number of aliphatic hydroxyl groups excluding tert-OH is 2. The first-order valence-electron chi connectivity index (χ1n) is 41.3. The van der Waals surface area contributed by atoms with E-state index in [1.807, 2.05) is 114 Å². The molecule has 0 spiro atoms. The van der Waals surface area contributed by atoms with Crippen LogP contribution in [0.5, 0.6) is 0 Å². The minimum absolute atomic E-state index is 0. The minimum atomic E-state index is -1.97. The Balaban J connectivity index is -0.0000000851. The molecular weight excluding hydrogens is 1970 g/mol. The number of ether oxygens (including phenoxy) is 6. The van der Waals surface area contributed by atoms with Crippen LogP contribution in [-0.2, 0) is 51.4 Å². The monoisotopic (exact) mass is 2130 g/mol. The van der Waals surface area contributed by atoms with Crippen molar-refractivity contribution < 1.29 is 264 Å². The molecule has 0 bridgehead atoms. The van der Waals surface area contributed by atoms with Crippen molar-refractivity contribution in [2.24, 2.45) is 41.2 Å². The number of hydrogen-bond donors (Lipinski definition) is 3. The summed E-state index contributed by atoms with van der Waals surface area (Å²) < 4.78 is 146. The average Bonchev–Trinajstić information content (AvgIpc) is 1.62. The van der Waals surface area contributed by atoms with Crippen molar-refractivity contribution in [3.63, 3.8) is 0 Å². The first kappa shape index (κ1) is 165. The predicted octanol–water partition coefficient (Wildman–Crippen LogP) is 15.9. The summed E-state index contributed by atoms with van der Waals surface area (Å²) in [6.45, 7) is 80.3. The van der Waals surface area contributed by atoms with E-state index in [1.165, 1.54) is 24.2 Å². The SMILES string of the molecule is C.C1CCOC1.CC(C)(C)OC(=O)N1CC2CC2C1.CC(C)(C)OC(=O)N1C[C@@H](C#N)[C@H](O[Si](C)(C)C(C)(C)C)C1.CC(C)(C)OC(=O)N1C[C@@H](CN)[C@H](O[Si](C)(C)C(C)(C)C)C1.CC(C)(C)OC(=O)N1C[C@H](O)[C@@H](C#N)C1.CC(C)(C)OC(=O)N1C[C@H](O[Si](C)(C)C)[C@@H](C#N)C1.CC(C)(C)[Si](C)(C)Cl.CO.C[Si](C)(C)C#N.F.F.F.FF.FF.FF.FF.FF.FF.O=CO[O-].[H-].[K+].[K+]. The molecule has 29 nitrogen and oxygen atoms in total. The van der Waals surface area contributed by atoms with Gasteiger partial charge in [0, 0.05) is 133 Å². The normalized spacial score (nSPS) is 19.8. The molecule has 4 N–H and O–H groups in total. The second-order valence-electron chi connectivity index (χ2n) is 41.7. The summed E-state index contributed by atoms with van der Waals surface area (Å²) in [6.07, 6.45) is 1.09. The Morgan fingerprint density at radius 2 is 0.664 bits per heavy atom. The number of carbonyl (C=O) groups excluding carboxylic acids is 6. The minimum Gasteiger partial charge on any atom is -1.00 e. The number of β-amino-alcohol motifs (C(OH)–C–C–N with tert-alkyl or cyclic N) is 1. The second kappa shape index (κ2) is 78.6. The van der Waals surface area contributed by atoms with E-state index in [0.717, 1.165) is 45.2 Å². The summed E-state index contributed by atoms with van der Waals surface area (Å²) in [5, 5.41) is 60.9. The molecule has 5 amide bonds. The Bertz CT molecular complexity index is 3210. The molecule has 0 radical (unpaired) electrons. The first-order valence-corrected chi connectivity index (χ1v) is 58.0. The van der Waals surface area contributed by atoms with Gasteiger partial charge >= 0.3 is 133 Å². The van der Waals surface area contributed by atoms with Crippen LogP contribution in [0.25, 0.3) is 0 Å². The van der Waals surface area contributed by atoms with Crippen LogP contribution in [0.1, 0.15) is 194 Å². The zero-order chi connectivity index (χ0) is 104. The molecule has 6 saturated heterocycles. The van der Waals surface area contributed by atoms with Gasteiger partial charge in [-0.15, -0.1) is 0 Å². The molecule has 7 rings (SSSR count). The third kappa shape index (κ3) is 79.6. The van der Waals surface area contributed by atoms with Crippen molar-refractivity contribution in [3.05, 3.63) is 0 Å². The van der Waals surface area contributed by atoms with Crippen molar-refractivity contribution in [1.29, 1.82) is 21.0 Å². The van der Waals surface area contributed by atoms with E-state index < -0.39 is 80.9 Å². The third-order valence-corrected chi connectivity index (χ3v) is 35.2. The van der Waals surface area contributed by atoms with Gasteiger partial charge in [0.2, 0.25) is 0 Å². The van der Waals surface area contributed by atoms with Gasteiger partial charge < -0.3 is 93.7 Å². The molecule has 0 aromatic heterocycles. The number of hydrogen-bond acceptors (Lipinski definition) is 24. The Labute approximate surface area is 885 Å². The van der Waals surface area contributed by atoms with Crippen LogP contribution in [0.3, 0.4) is 0 Å². The van der Waals surface area contributed by atoms with Gasteiger partial charge in [0.05, 0.1) is 80.0 Å². The molecule has 6 aliphatic heterocycles. The number of fused-ring (bicyclic) bond motifs is 1. The van der Waals surface area contributed by atoms with Crippen LogP contribution in [0, 0.1) is 80.5 Å². The fourth-order valence-electron chi connectivity index (χ4n) is 10.0. The van der Waals surface area contributed by atoms with Crippen molar-refractivity contribution in [3.8, 4) is 23.9 Å². The Kier molecular flexibility index (Phi) is 96.5. The smallest absolute Gasteiger partial charge is 1.00 e. The fourth-order valence-corrected chi connectivity index (χ4v) is 13.9. The van der Waals surface area contributed by atoms with Gasteiger partial charge in [0.25, 0.3) is 6.47 Å². The molecule has 0 aromatic rings. The fraction of sp³-hybridized carbons (Fsp3) is 0.878. The van der Waals surface area contributed by atoms with Crippen LogP contribution < -0.4 is 114 Å². The topological polar surface area (TPSA) is 396 Å². The molecule has 6 heterocycles. The summed E-state index contributed by atoms with van der Waals surface area (Å²) >= 11 is 6.15. The Morgan fingerprint density at radius 1 is 0.440 bits per heavy atom.